The van der Waals surface area contributed by atoms with Crippen LogP contribution >= 0.6 is 0 Å². The number of aliphatic hydroxyl groups is 1. The Labute approximate surface area is 145 Å². The maximum absolute atomic E-state index is 10.2. The molecule has 1 N–H and O–H groups in total. The Bertz CT molecular complexity index is 500. The Morgan fingerprint density at radius 1 is 1.38 bits per heavy atom. The minimum Gasteiger partial charge on any atom is -0.491 e. The smallest absolute Gasteiger partial charge is 0.119 e. The van der Waals surface area contributed by atoms with E-state index >= 15 is 0 Å². The van der Waals surface area contributed by atoms with Crippen molar-refractivity contribution in [2.45, 2.75) is 45.5 Å². The zero-order valence-electron chi connectivity index (χ0n) is 15.3. The molecule has 1 fully saturated rings. The van der Waals surface area contributed by atoms with Crippen LogP contribution in [0, 0.1) is 6.92 Å². The number of β-amino-alcohol motifs (C(OH)–C–C–N with tert-alkyl or cyclic N) is 1. The van der Waals surface area contributed by atoms with Crippen molar-refractivity contribution in [3.05, 3.63) is 29.8 Å². The Morgan fingerprint density at radius 3 is 2.88 bits per heavy atom. The van der Waals surface area contributed by atoms with Gasteiger partial charge in [0, 0.05) is 19.6 Å². The van der Waals surface area contributed by atoms with Crippen molar-refractivity contribution in [3.63, 3.8) is 0 Å². The van der Waals surface area contributed by atoms with Gasteiger partial charge in [0.15, 0.2) is 0 Å². The second-order valence-electron chi connectivity index (χ2n) is 7.46. The number of aliphatic hydroxyl groups excluding tert-OH is 1. The van der Waals surface area contributed by atoms with Gasteiger partial charge < -0.3 is 19.3 Å². The minimum atomic E-state index is -0.485. The maximum Gasteiger partial charge on any atom is 0.119 e. The Hall–Kier alpha value is -1.14. The highest BCUT2D eigenvalue weighted by Crippen LogP contribution is 2.15. The van der Waals surface area contributed by atoms with Gasteiger partial charge >= 0.3 is 0 Å². The van der Waals surface area contributed by atoms with E-state index in [1.54, 1.807) is 0 Å². The van der Waals surface area contributed by atoms with E-state index in [1.807, 2.05) is 52.0 Å². The molecule has 1 heterocycles. The molecule has 0 aromatic heterocycles. The van der Waals surface area contributed by atoms with E-state index < -0.39 is 6.10 Å². The molecule has 0 bridgehead atoms. The summed E-state index contributed by atoms with van der Waals surface area (Å²) in [6, 6.07) is 8.02. The molecule has 0 saturated carbocycles. The second-order valence-corrected chi connectivity index (χ2v) is 7.46. The highest BCUT2D eigenvalue weighted by atomic mass is 16.5. The van der Waals surface area contributed by atoms with Gasteiger partial charge in [-0.15, -0.1) is 0 Å². The number of aryl methyl sites for hydroxylation is 1. The van der Waals surface area contributed by atoms with Gasteiger partial charge in [0.1, 0.15) is 18.5 Å². The Kier molecular flexibility index (Phi) is 7.04. The van der Waals surface area contributed by atoms with E-state index in [-0.39, 0.29) is 11.7 Å². The van der Waals surface area contributed by atoms with E-state index in [0.717, 1.165) is 18.8 Å². The lowest BCUT2D eigenvalue weighted by atomic mass is 10.2. The zero-order chi connectivity index (χ0) is 17.6. The quantitative estimate of drug-likeness (QED) is 0.827. The molecule has 0 spiro atoms. The van der Waals surface area contributed by atoms with Gasteiger partial charge in [-0.05, 0) is 45.4 Å². The molecule has 2 unspecified atom stereocenters. The predicted molar refractivity (Wildman–Crippen MR) is 94.6 cm³/mol. The van der Waals surface area contributed by atoms with Crippen molar-refractivity contribution >= 4 is 0 Å². The molecule has 136 valence electrons. The van der Waals surface area contributed by atoms with Crippen molar-refractivity contribution in [2.24, 2.45) is 0 Å². The number of ether oxygens (including phenoxy) is 3. The fourth-order valence-corrected chi connectivity index (χ4v) is 2.64. The Balaban J connectivity index is 1.73. The topological polar surface area (TPSA) is 51.2 Å². The van der Waals surface area contributed by atoms with Gasteiger partial charge in [-0.2, -0.15) is 0 Å². The van der Waals surface area contributed by atoms with Crippen LogP contribution in [-0.2, 0) is 9.47 Å². The van der Waals surface area contributed by atoms with Gasteiger partial charge in [0.25, 0.3) is 0 Å². The monoisotopic (exact) mass is 337 g/mol. The molecule has 1 aliphatic heterocycles. The van der Waals surface area contributed by atoms with Crippen molar-refractivity contribution in [1.82, 2.24) is 4.90 Å². The van der Waals surface area contributed by atoms with Crippen molar-refractivity contribution in [1.29, 1.82) is 0 Å². The zero-order valence-corrected chi connectivity index (χ0v) is 15.3. The van der Waals surface area contributed by atoms with Crippen LogP contribution in [0.5, 0.6) is 5.75 Å². The lowest BCUT2D eigenvalue weighted by Crippen LogP contribution is -2.48. The summed E-state index contributed by atoms with van der Waals surface area (Å²) in [6.45, 7) is 11.8. The van der Waals surface area contributed by atoms with E-state index in [2.05, 4.69) is 4.90 Å². The predicted octanol–water partition coefficient (Wildman–Crippen LogP) is 2.25. The van der Waals surface area contributed by atoms with Crippen LogP contribution in [0.4, 0.5) is 0 Å². The molecule has 2 rings (SSSR count). The van der Waals surface area contributed by atoms with E-state index in [4.69, 9.17) is 14.2 Å². The van der Waals surface area contributed by atoms with E-state index in [0.29, 0.717) is 26.4 Å². The second kappa shape index (κ2) is 8.81. The summed E-state index contributed by atoms with van der Waals surface area (Å²) in [5.41, 5.74) is 0.955. The van der Waals surface area contributed by atoms with Gasteiger partial charge in [0.2, 0.25) is 0 Å². The lowest BCUT2D eigenvalue weighted by molar-refractivity contribution is -0.0812. The van der Waals surface area contributed by atoms with Crippen molar-refractivity contribution in [2.75, 3.05) is 39.5 Å². The summed E-state index contributed by atoms with van der Waals surface area (Å²) in [6.07, 6.45) is -0.462. The molecule has 5 nitrogen and oxygen atoms in total. The van der Waals surface area contributed by atoms with Crippen LogP contribution in [0.15, 0.2) is 24.3 Å². The average Bonchev–Trinajstić information content (AvgIpc) is 2.51. The number of morpholine rings is 1. The first-order chi connectivity index (χ1) is 11.3. The SMILES string of the molecule is Cc1cccc(OCC2CN(CC(O)COC(C)(C)C)CCO2)c1. The van der Waals surface area contributed by atoms with Crippen LogP contribution < -0.4 is 4.74 Å². The van der Waals surface area contributed by atoms with Crippen molar-refractivity contribution < 1.29 is 19.3 Å². The summed E-state index contributed by atoms with van der Waals surface area (Å²) >= 11 is 0. The van der Waals surface area contributed by atoms with Crippen LogP contribution in [0.2, 0.25) is 0 Å². The summed E-state index contributed by atoms with van der Waals surface area (Å²) < 4.78 is 17.3. The van der Waals surface area contributed by atoms with Gasteiger partial charge in [-0.3, -0.25) is 4.90 Å². The number of hydrogen-bond acceptors (Lipinski definition) is 5. The molecule has 1 saturated heterocycles. The van der Waals surface area contributed by atoms with Gasteiger partial charge in [0.05, 0.1) is 24.9 Å². The molecule has 0 amide bonds. The van der Waals surface area contributed by atoms with E-state index in [1.165, 1.54) is 5.56 Å². The third kappa shape index (κ3) is 7.18. The first-order valence-corrected chi connectivity index (χ1v) is 8.67. The first-order valence-electron chi connectivity index (χ1n) is 8.67. The summed E-state index contributed by atoms with van der Waals surface area (Å²) in [5, 5.41) is 10.2. The number of nitrogens with zero attached hydrogens (tertiary/aromatic N) is 1. The molecule has 1 aromatic rings. The fourth-order valence-electron chi connectivity index (χ4n) is 2.64. The standard InChI is InChI=1S/C19H31NO4/c1-15-6-5-7-17(10-15)23-14-18-12-20(8-9-22-18)11-16(21)13-24-19(2,3)4/h5-7,10,16,18,21H,8-9,11-14H2,1-4H3. The third-order valence-electron chi connectivity index (χ3n) is 3.83. The number of benzene rings is 1. The third-order valence-corrected chi connectivity index (χ3v) is 3.83. The van der Waals surface area contributed by atoms with Crippen LogP contribution in [0.1, 0.15) is 26.3 Å². The minimum absolute atomic E-state index is 0.0231. The summed E-state index contributed by atoms with van der Waals surface area (Å²) in [7, 11) is 0. The van der Waals surface area contributed by atoms with Crippen LogP contribution in [0.25, 0.3) is 0 Å². The van der Waals surface area contributed by atoms with Crippen LogP contribution in [-0.4, -0.2) is 67.3 Å². The average molecular weight is 337 g/mol. The molecular formula is C19H31NO4. The van der Waals surface area contributed by atoms with Crippen LogP contribution in [0.3, 0.4) is 0 Å². The van der Waals surface area contributed by atoms with E-state index in [9.17, 15) is 5.11 Å². The largest absolute Gasteiger partial charge is 0.491 e. The Morgan fingerprint density at radius 2 is 2.17 bits per heavy atom. The molecule has 1 aromatic carbocycles. The molecule has 2 atom stereocenters. The highest BCUT2D eigenvalue weighted by Gasteiger charge is 2.23. The lowest BCUT2D eigenvalue weighted by Gasteiger charge is -2.34. The molecule has 0 aliphatic carbocycles. The molecule has 0 radical (unpaired) electrons. The van der Waals surface area contributed by atoms with Gasteiger partial charge in [-0.25, -0.2) is 0 Å². The molecule has 5 heteroatoms. The molecule has 24 heavy (non-hydrogen) atoms. The van der Waals surface area contributed by atoms with Gasteiger partial charge in [-0.1, -0.05) is 12.1 Å². The number of rotatable bonds is 7. The summed E-state index contributed by atoms with van der Waals surface area (Å²) in [4.78, 5) is 2.21. The van der Waals surface area contributed by atoms with Crippen molar-refractivity contribution in [3.8, 4) is 5.75 Å². The first kappa shape index (κ1) is 19.2. The molecular weight excluding hydrogens is 306 g/mol. The molecule has 1 aliphatic rings. The normalized spacial score (nSPS) is 20.8. The highest BCUT2D eigenvalue weighted by molar-refractivity contribution is 5.27. The maximum atomic E-state index is 10.2. The number of hydrogen-bond donors (Lipinski definition) is 1. The summed E-state index contributed by atoms with van der Waals surface area (Å²) in [5.74, 6) is 0.870. The fraction of sp³-hybridized carbons (Fsp3) is 0.684.